The second-order valence-corrected chi connectivity index (χ2v) is 10.4. The van der Waals surface area contributed by atoms with E-state index in [1.54, 1.807) is 11.4 Å². The van der Waals surface area contributed by atoms with Crippen LogP contribution >= 0.6 is 0 Å². The Hall–Kier alpha value is -3.58. The minimum Gasteiger partial charge on any atom is -0.477 e. The number of halogens is 7. The Labute approximate surface area is 225 Å². The molecule has 1 unspecified atom stereocenters. The van der Waals surface area contributed by atoms with Gasteiger partial charge in [0.05, 0.1) is 11.1 Å². The minimum atomic E-state index is -4.80. The highest BCUT2D eigenvalue weighted by molar-refractivity contribution is 5.94. The number of benzene rings is 1. The first-order valence-corrected chi connectivity index (χ1v) is 12.5. The number of carbonyl (C=O) groups is 2. The van der Waals surface area contributed by atoms with Crippen molar-refractivity contribution in [3.63, 3.8) is 0 Å². The van der Waals surface area contributed by atoms with E-state index in [0.29, 0.717) is 36.9 Å². The monoisotopic (exact) mass is 576 g/mol. The summed E-state index contributed by atoms with van der Waals surface area (Å²) in [4.78, 5) is 31.3. The first-order chi connectivity index (χ1) is 18.5. The molecule has 2 aliphatic heterocycles. The topological polar surface area (TPSA) is 83.6 Å². The summed E-state index contributed by atoms with van der Waals surface area (Å²) in [6, 6.07) is 4.37. The van der Waals surface area contributed by atoms with E-state index in [0.717, 1.165) is 12.8 Å². The summed E-state index contributed by atoms with van der Waals surface area (Å²) in [7, 11) is 0. The van der Waals surface area contributed by atoms with Gasteiger partial charge in [-0.05, 0) is 63.8 Å². The van der Waals surface area contributed by atoms with Crippen LogP contribution in [-0.2, 0) is 11.0 Å². The van der Waals surface area contributed by atoms with Gasteiger partial charge in [0, 0.05) is 30.4 Å². The number of alkyl halides is 6. The fourth-order valence-electron chi connectivity index (χ4n) is 5.12. The molecule has 2 saturated heterocycles. The number of rotatable bonds is 7. The normalized spacial score (nSPS) is 21.2. The van der Waals surface area contributed by atoms with E-state index in [2.05, 4.69) is 10.3 Å². The lowest BCUT2D eigenvalue weighted by molar-refractivity contribution is -0.143. The Kier molecular flexibility index (Phi) is 7.92. The Morgan fingerprint density at radius 2 is 1.68 bits per heavy atom. The average molecular weight is 577 g/mol. The molecule has 40 heavy (non-hydrogen) atoms. The summed E-state index contributed by atoms with van der Waals surface area (Å²) in [5.41, 5.74) is -2.96. The van der Waals surface area contributed by atoms with Gasteiger partial charge in [-0.25, -0.2) is 9.37 Å². The lowest BCUT2D eigenvalue weighted by Crippen LogP contribution is -2.55. The number of hydrogen-bond acceptors (Lipinski definition) is 5. The smallest absolute Gasteiger partial charge is 0.419 e. The standard InChI is InChI=1S/C26H27F7N4O3/c1-24(2,40-20-9-15(27)4-7-19(20)26(31,32)33)23(39)36-16-10-17-5-6-18(11-16)37(17)21-8-3-14(12-34-21)22(38)35-13-25(28,29)30/h3-4,7-9,12,16-18H,5-6,10-11,13H2,1-2H3,(H,35,38)(H,36,39)/t16?,17-,18+. The summed E-state index contributed by atoms with van der Waals surface area (Å²) in [5, 5.41) is 4.63. The van der Waals surface area contributed by atoms with Crippen LogP contribution in [0, 0.1) is 5.82 Å². The maximum Gasteiger partial charge on any atom is 0.419 e. The lowest BCUT2D eigenvalue weighted by Gasteiger charge is -2.41. The van der Waals surface area contributed by atoms with Crippen molar-refractivity contribution in [1.82, 2.24) is 15.6 Å². The summed E-state index contributed by atoms with van der Waals surface area (Å²) in [6.07, 6.45) is -5.57. The molecule has 1 aromatic carbocycles. The Bertz CT molecular complexity index is 1230. The Morgan fingerprint density at radius 3 is 2.23 bits per heavy atom. The molecule has 1 aromatic heterocycles. The molecule has 218 valence electrons. The zero-order chi connectivity index (χ0) is 29.5. The van der Waals surface area contributed by atoms with E-state index < -0.39 is 53.4 Å². The summed E-state index contributed by atoms with van der Waals surface area (Å²) in [6.45, 7) is 1.14. The first-order valence-electron chi connectivity index (χ1n) is 12.5. The van der Waals surface area contributed by atoms with E-state index >= 15 is 0 Å². The number of nitrogens with one attached hydrogen (secondary N) is 2. The van der Waals surface area contributed by atoms with Crippen molar-refractivity contribution in [1.29, 1.82) is 0 Å². The fourth-order valence-corrected chi connectivity index (χ4v) is 5.12. The number of carbonyl (C=O) groups excluding carboxylic acids is 2. The van der Waals surface area contributed by atoms with Crippen LogP contribution in [0.25, 0.3) is 0 Å². The number of hydrogen-bond donors (Lipinski definition) is 2. The zero-order valence-corrected chi connectivity index (χ0v) is 21.5. The van der Waals surface area contributed by atoms with E-state index in [9.17, 15) is 40.3 Å². The second kappa shape index (κ2) is 10.8. The highest BCUT2D eigenvalue weighted by Gasteiger charge is 2.44. The van der Waals surface area contributed by atoms with Gasteiger partial charge in [-0.3, -0.25) is 9.59 Å². The number of nitrogens with zero attached hydrogens (tertiary/aromatic N) is 2. The van der Waals surface area contributed by atoms with Crippen molar-refractivity contribution >= 4 is 17.6 Å². The third-order valence-electron chi connectivity index (χ3n) is 6.95. The van der Waals surface area contributed by atoms with E-state index in [1.165, 1.54) is 26.1 Å². The maximum atomic E-state index is 13.7. The predicted molar refractivity (Wildman–Crippen MR) is 129 cm³/mol. The predicted octanol–water partition coefficient (Wildman–Crippen LogP) is 5.01. The molecule has 0 spiro atoms. The number of ether oxygens (including phenoxy) is 1. The van der Waals surface area contributed by atoms with Crippen molar-refractivity contribution in [2.45, 2.75) is 75.6 Å². The SMILES string of the molecule is CC(C)(Oc1cc(F)ccc1C(F)(F)F)C(=O)NC1C[C@H]2CC[C@@H](C1)N2c1ccc(C(=O)NCC(F)(F)F)cn1. The highest BCUT2D eigenvalue weighted by Crippen LogP contribution is 2.40. The molecule has 2 aromatic rings. The number of aromatic nitrogens is 1. The quantitative estimate of drug-likeness (QED) is 0.454. The van der Waals surface area contributed by atoms with Crippen molar-refractivity contribution in [3.8, 4) is 5.75 Å². The number of amides is 2. The molecule has 4 rings (SSSR count). The molecule has 2 N–H and O–H groups in total. The van der Waals surface area contributed by atoms with Crippen LogP contribution in [0.2, 0.25) is 0 Å². The van der Waals surface area contributed by atoms with Crippen molar-refractivity contribution in [2.24, 2.45) is 0 Å². The molecule has 2 aliphatic rings. The van der Waals surface area contributed by atoms with Crippen molar-refractivity contribution < 1.29 is 45.1 Å². The Balaban J connectivity index is 1.38. The molecule has 2 bridgehead atoms. The van der Waals surface area contributed by atoms with Crippen molar-refractivity contribution in [3.05, 3.63) is 53.5 Å². The molecule has 0 saturated carbocycles. The van der Waals surface area contributed by atoms with Gasteiger partial charge in [0.1, 0.15) is 23.9 Å². The van der Waals surface area contributed by atoms with E-state index in [1.807, 2.05) is 4.90 Å². The van der Waals surface area contributed by atoms with Crippen LogP contribution in [0.3, 0.4) is 0 Å². The zero-order valence-electron chi connectivity index (χ0n) is 21.5. The fraction of sp³-hybridized carbons (Fsp3) is 0.500. The van der Waals surface area contributed by atoms with Gasteiger partial charge >= 0.3 is 12.4 Å². The molecule has 3 atom stereocenters. The van der Waals surface area contributed by atoms with Crippen LogP contribution in [0.4, 0.5) is 36.6 Å². The molecule has 14 heteroatoms. The second-order valence-electron chi connectivity index (χ2n) is 10.4. The molecule has 2 fully saturated rings. The Morgan fingerprint density at radius 1 is 1.02 bits per heavy atom. The van der Waals surface area contributed by atoms with Gasteiger partial charge in [-0.15, -0.1) is 0 Å². The largest absolute Gasteiger partial charge is 0.477 e. The number of anilines is 1. The van der Waals surface area contributed by atoms with Gasteiger partial charge in [0.2, 0.25) is 0 Å². The molecule has 3 heterocycles. The first kappa shape index (κ1) is 29.4. The molecular weight excluding hydrogens is 549 g/mol. The molecule has 7 nitrogen and oxygen atoms in total. The number of piperidine rings is 1. The van der Waals surface area contributed by atoms with Gasteiger partial charge in [-0.1, -0.05) is 0 Å². The van der Waals surface area contributed by atoms with Crippen LogP contribution in [0.5, 0.6) is 5.75 Å². The van der Waals surface area contributed by atoms with Gasteiger partial charge in [0.15, 0.2) is 5.60 Å². The van der Waals surface area contributed by atoms with E-state index in [-0.39, 0.29) is 23.7 Å². The van der Waals surface area contributed by atoms with Crippen LogP contribution in [0.15, 0.2) is 36.5 Å². The van der Waals surface area contributed by atoms with Gasteiger partial charge in [0.25, 0.3) is 11.8 Å². The van der Waals surface area contributed by atoms with Crippen LogP contribution in [-0.4, -0.2) is 53.2 Å². The molecular formula is C26H27F7N4O3. The number of pyridine rings is 1. The molecule has 0 radical (unpaired) electrons. The van der Waals surface area contributed by atoms with E-state index in [4.69, 9.17) is 4.74 Å². The number of fused-ring (bicyclic) bond motifs is 2. The third-order valence-corrected chi connectivity index (χ3v) is 6.95. The van der Waals surface area contributed by atoms with Crippen molar-refractivity contribution in [2.75, 3.05) is 11.4 Å². The highest BCUT2D eigenvalue weighted by atomic mass is 19.4. The van der Waals surface area contributed by atoms with Crippen LogP contribution in [0.1, 0.15) is 55.5 Å². The lowest BCUT2D eigenvalue weighted by atomic mass is 9.96. The average Bonchev–Trinajstić information content (AvgIpc) is 3.11. The summed E-state index contributed by atoms with van der Waals surface area (Å²) < 4.78 is 96.2. The van der Waals surface area contributed by atoms with Gasteiger partial charge in [-0.2, -0.15) is 26.3 Å². The summed E-state index contributed by atoms with van der Waals surface area (Å²) in [5.74, 6) is -2.74. The molecule has 2 amide bonds. The molecule has 0 aliphatic carbocycles. The summed E-state index contributed by atoms with van der Waals surface area (Å²) >= 11 is 0. The van der Waals surface area contributed by atoms with Crippen LogP contribution < -0.4 is 20.3 Å². The maximum absolute atomic E-state index is 13.7. The minimum absolute atomic E-state index is 0.0169. The third kappa shape index (κ3) is 6.76. The van der Waals surface area contributed by atoms with Gasteiger partial charge < -0.3 is 20.3 Å².